The van der Waals surface area contributed by atoms with Crippen molar-refractivity contribution in [3.05, 3.63) is 35.3 Å². The molecule has 0 spiro atoms. The molecule has 1 aliphatic carbocycles. The van der Waals surface area contributed by atoms with E-state index in [1.807, 2.05) is 0 Å². The van der Waals surface area contributed by atoms with Crippen LogP contribution in [0.5, 0.6) is 0 Å². The van der Waals surface area contributed by atoms with Gasteiger partial charge in [-0.05, 0) is 37.5 Å². The number of ketones is 1. The number of hydrogen-bond acceptors (Lipinski definition) is 1. The molecule has 3 heteroatoms. The number of fused-ring (bicyclic) bond motifs is 3. The minimum absolute atomic E-state index is 0.143. The number of aromatic amines is 1. The van der Waals surface area contributed by atoms with Crippen LogP contribution in [0.25, 0.3) is 10.9 Å². The van der Waals surface area contributed by atoms with E-state index in [4.69, 9.17) is 0 Å². The van der Waals surface area contributed by atoms with Crippen LogP contribution in [0.3, 0.4) is 0 Å². The SMILES string of the molecule is O=C1CCCCc2[nH]c3ccc(F)cc3c21. The third kappa shape index (κ3) is 1.35. The van der Waals surface area contributed by atoms with Gasteiger partial charge >= 0.3 is 0 Å². The van der Waals surface area contributed by atoms with Crippen molar-refractivity contribution in [2.75, 3.05) is 0 Å². The predicted octanol–water partition coefficient (Wildman–Crippen LogP) is 3.22. The van der Waals surface area contributed by atoms with Crippen molar-refractivity contribution in [3.63, 3.8) is 0 Å². The Balaban J connectivity index is 2.32. The molecule has 0 fully saturated rings. The zero-order valence-corrected chi connectivity index (χ0v) is 8.85. The van der Waals surface area contributed by atoms with Crippen LogP contribution in [-0.2, 0) is 6.42 Å². The van der Waals surface area contributed by atoms with E-state index < -0.39 is 0 Å². The Morgan fingerprint density at radius 2 is 2.00 bits per heavy atom. The third-order valence-electron chi connectivity index (χ3n) is 3.20. The van der Waals surface area contributed by atoms with Crippen molar-refractivity contribution in [3.8, 4) is 0 Å². The molecule has 1 N–H and O–H groups in total. The summed E-state index contributed by atoms with van der Waals surface area (Å²) in [6, 6.07) is 4.57. The van der Waals surface area contributed by atoms with E-state index >= 15 is 0 Å². The van der Waals surface area contributed by atoms with Gasteiger partial charge in [-0.3, -0.25) is 4.79 Å². The van der Waals surface area contributed by atoms with Gasteiger partial charge in [0.2, 0.25) is 0 Å². The van der Waals surface area contributed by atoms with E-state index in [2.05, 4.69) is 4.98 Å². The maximum Gasteiger partial charge on any atom is 0.165 e. The highest BCUT2D eigenvalue weighted by Gasteiger charge is 2.20. The molecule has 3 rings (SSSR count). The van der Waals surface area contributed by atoms with Crippen molar-refractivity contribution in [2.24, 2.45) is 0 Å². The number of H-pyrrole nitrogens is 1. The van der Waals surface area contributed by atoms with Crippen molar-refractivity contribution in [2.45, 2.75) is 25.7 Å². The average molecular weight is 217 g/mol. The Labute approximate surface area is 92.5 Å². The quantitative estimate of drug-likeness (QED) is 0.675. The molecule has 0 saturated carbocycles. The molecule has 0 aliphatic heterocycles. The van der Waals surface area contributed by atoms with Crippen LogP contribution in [-0.4, -0.2) is 10.8 Å². The minimum Gasteiger partial charge on any atom is -0.358 e. The molecule has 1 heterocycles. The predicted molar refractivity (Wildman–Crippen MR) is 60.1 cm³/mol. The van der Waals surface area contributed by atoms with E-state index in [9.17, 15) is 9.18 Å². The standard InChI is InChI=1S/C13H12FNO/c14-8-5-6-10-9(7-8)13-11(15-10)3-1-2-4-12(13)16/h5-7,15H,1-4H2. The lowest BCUT2D eigenvalue weighted by Gasteiger charge is -1.97. The van der Waals surface area contributed by atoms with Crippen LogP contribution < -0.4 is 0 Å². The number of nitrogens with one attached hydrogen (secondary N) is 1. The number of Topliss-reactive ketones (excluding diaryl/α,β-unsaturated/α-hetero) is 1. The number of aryl methyl sites for hydroxylation is 1. The topological polar surface area (TPSA) is 32.9 Å². The van der Waals surface area contributed by atoms with E-state index in [0.717, 1.165) is 35.9 Å². The Bertz CT molecular complexity index is 571. The lowest BCUT2D eigenvalue weighted by molar-refractivity contribution is 0.0983. The Morgan fingerprint density at radius 1 is 1.19 bits per heavy atom. The molecule has 2 nitrogen and oxygen atoms in total. The molecule has 1 aromatic heterocycles. The van der Waals surface area contributed by atoms with Gasteiger partial charge in [0.25, 0.3) is 0 Å². The number of halogens is 1. The number of benzene rings is 1. The molecule has 82 valence electrons. The highest BCUT2D eigenvalue weighted by molar-refractivity contribution is 6.09. The van der Waals surface area contributed by atoms with E-state index in [1.165, 1.54) is 12.1 Å². The number of rotatable bonds is 0. The van der Waals surface area contributed by atoms with Crippen LogP contribution in [0.1, 0.15) is 35.3 Å². The zero-order chi connectivity index (χ0) is 11.1. The monoisotopic (exact) mass is 217 g/mol. The number of carbonyl (C=O) groups is 1. The van der Waals surface area contributed by atoms with Gasteiger partial charge in [0.05, 0.1) is 0 Å². The van der Waals surface area contributed by atoms with Crippen LogP contribution in [0.15, 0.2) is 18.2 Å². The van der Waals surface area contributed by atoms with Gasteiger partial charge in [0.15, 0.2) is 5.78 Å². The summed E-state index contributed by atoms with van der Waals surface area (Å²) in [5.41, 5.74) is 2.55. The summed E-state index contributed by atoms with van der Waals surface area (Å²) in [5, 5.41) is 0.738. The molecule has 0 bridgehead atoms. The molecule has 0 atom stereocenters. The molecule has 0 amide bonds. The molecular weight excluding hydrogens is 205 g/mol. The first-order valence-electron chi connectivity index (χ1n) is 5.59. The summed E-state index contributed by atoms with van der Waals surface area (Å²) in [7, 11) is 0. The number of aromatic nitrogens is 1. The maximum absolute atomic E-state index is 13.2. The summed E-state index contributed by atoms with van der Waals surface area (Å²) in [4.78, 5) is 15.2. The summed E-state index contributed by atoms with van der Waals surface area (Å²) >= 11 is 0. The Hall–Kier alpha value is -1.64. The van der Waals surface area contributed by atoms with Gasteiger partial charge in [-0.1, -0.05) is 0 Å². The van der Waals surface area contributed by atoms with Crippen molar-refractivity contribution in [1.29, 1.82) is 0 Å². The van der Waals surface area contributed by atoms with Gasteiger partial charge < -0.3 is 4.98 Å². The minimum atomic E-state index is -0.286. The summed E-state index contributed by atoms with van der Waals surface area (Å²) in [5.74, 6) is -0.143. The second-order valence-electron chi connectivity index (χ2n) is 4.30. The summed E-state index contributed by atoms with van der Waals surface area (Å²) < 4.78 is 13.2. The molecular formula is C13H12FNO. The fourth-order valence-corrected chi connectivity index (χ4v) is 2.44. The number of hydrogen-bond donors (Lipinski definition) is 1. The molecule has 16 heavy (non-hydrogen) atoms. The fraction of sp³-hybridized carbons (Fsp3) is 0.308. The second kappa shape index (κ2) is 3.44. The third-order valence-corrected chi connectivity index (χ3v) is 3.20. The molecule has 2 aromatic rings. The van der Waals surface area contributed by atoms with E-state index in [0.29, 0.717) is 12.0 Å². The van der Waals surface area contributed by atoms with Gasteiger partial charge in [0.1, 0.15) is 5.82 Å². The van der Waals surface area contributed by atoms with Crippen LogP contribution >= 0.6 is 0 Å². The van der Waals surface area contributed by atoms with Gasteiger partial charge in [-0.2, -0.15) is 0 Å². The van der Waals surface area contributed by atoms with Crippen molar-refractivity contribution >= 4 is 16.7 Å². The van der Waals surface area contributed by atoms with E-state index in [-0.39, 0.29) is 11.6 Å². The van der Waals surface area contributed by atoms with Crippen LogP contribution in [0, 0.1) is 5.82 Å². The highest BCUT2D eigenvalue weighted by atomic mass is 19.1. The lowest BCUT2D eigenvalue weighted by atomic mass is 10.1. The van der Waals surface area contributed by atoms with E-state index in [1.54, 1.807) is 6.07 Å². The Kier molecular flexibility index (Phi) is 2.06. The highest BCUT2D eigenvalue weighted by Crippen LogP contribution is 2.28. The molecule has 1 aliphatic rings. The van der Waals surface area contributed by atoms with Gasteiger partial charge in [0, 0.05) is 28.6 Å². The maximum atomic E-state index is 13.2. The first-order chi connectivity index (χ1) is 7.75. The lowest BCUT2D eigenvalue weighted by Crippen LogP contribution is -1.97. The van der Waals surface area contributed by atoms with Crippen LogP contribution in [0.4, 0.5) is 4.39 Å². The zero-order valence-electron chi connectivity index (χ0n) is 8.85. The summed E-state index contributed by atoms with van der Waals surface area (Å²) in [6.45, 7) is 0. The first kappa shape index (κ1) is 9.58. The molecule has 0 radical (unpaired) electrons. The normalized spacial score (nSPS) is 16.2. The molecule has 0 unspecified atom stereocenters. The van der Waals surface area contributed by atoms with Gasteiger partial charge in [-0.25, -0.2) is 4.39 Å². The van der Waals surface area contributed by atoms with Crippen molar-refractivity contribution < 1.29 is 9.18 Å². The Morgan fingerprint density at radius 3 is 2.88 bits per heavy atom. The fourth-order valence-electron chi connectivity index (χ4n) is 2.44. The largest absolute Gasteiger partial charge is 0.358 e. The summed E-state index contributed by atoms with van der Waals surface area (Å²) in [6.07, 6.45) is 3.42. The van der Waals surface area contributed by atoms with Crippen LogP contribution in [0.2, 0.25) is 0 Å². The smallest absolute Gasteiger partial charge is 0.165 e. The van der Waals surface area contributed by atoms with Gasteiger partial charge in [-0.15, -0.1) is 0 Å². The average Bonchev–Trinajstić information content (AvgIpc) is 2.51. The first-order valence-corrected chi connectivity index (χ1v) is 5.59. The molecule has 1 aromatic carbocycles. The second-order valence-corrected chi connectivity index (χ2v) is 4.30. The number of carbonyl (C=O) groups excluding carboxylic acids is 1. The molecule has 0 saturated heterocycles. The van der Waals surface area contributed by atoms with Crippen molar-refractivity contribution in [1.82, 2.24) is 4.98 Å².